The molecule has 0 fully saturated rings. The van der Waals surface area contributed by atoms with Gasteiger partial charge in [0.25, 0.3) is 0 Å². The number of ether oxygens (including phenoxy) is 1. The van der Waals surface area contributed by atoms with Crippen molar-refractivity contribution in [3.8, 4) is 0 Å². The van der Waals surface area contributed by atoms with Gasteiger partial charge in [0, 0.05) is 19.0 Å². The molecular formula is C30H41N3O4. The molecule has 0 aromatic heterocycles. The molecule has 0 spiro atoms. The molecule has 7 heteroatoms. The Morgan fingerprint density at radius 1 is 1.00 bits per heavy atom. The number of carbonyl (C=O) groups excluding carboxylic acids is 3. The first kappa shape index (κ1) is 29.6. The van der Waals surface area contributed by atoms with Gasteiger partial charge in [0.1, 0.15) is 17.7 Å². The topological polar surface area (TPSA) is 87.7 Å². The fourth-order valence-corrected chi connectivity index (χ4v) is 3.93. The highest BCUT2D eigenvalue weighted by atomic mass is 16.6. The predicted molar refractivity (Wildman–Crippen MR) is 147 cm³/mol. The van der Waals surface area contributed by atoms with Gasteiger partial charge in [-0.15, -0.1) is 6.58 Å². The number of nitrogens with one attached hydrogen (secondary N) is 2. The van der Waals surface area contributed by atoms with Crippen LogP contribution in [0.15, 0.2) is 61.2 Å². The summed E-state index contributed by atoms with van der Waals surface area (Å²) in [5.74, 6) is -0.707. The Labute approximate surface area is 221 Å². The summed E-state index contributed by atoms with van der Waals surface area (Å²) in [6, 6.07) is 13.2. The Morgan fingerprint density at radius 2 is 1.65 bits per heavy atom. The summed E-state index contributed by atoms with van der Waals surface area (Å²) in [5, 5.41) is 5.70. The molecule has 0 saturated carbocycles. The summed E-state index contributed by atoms with van der Waals surface area (Å²) in [6.45, 7) is 16.9. The Balaban J connectivity index is 2.54. The highest BCUT2D eigenvalue weighted by molar-refractivity contribution is 5.92. The van der Waals surface area contributed by atoms with Crippen LogP contribution in [0.25, 0.3) is 0 Å². The molecule has 7 nitrogen and oxygen atoms in total. The van der Waals surface area contributed by atoms with Gasteiger partial charge in [-0.05, 0) is 70.7 Å². The maximum atomic E-state index is 14.1. The molecule has 0 saturated heterocycles. The van der Waals surface area contributed by atoms with Crippen LogP contribution in [0.3, 0.4) is 0 Å². The lowest BCUT2D eigenvalue weighted by Gasteiger charge is -2.34. The van der Waals surface area contributed by atoms with E-state index in [1.54, 1.807) is 26.8 Å². The van der Waals surface area contributed by atoms with E-state index in [9.17, 15) is 14.4 Å². The van der Waals surface area contributed by atoms with Gasteiger partial charge >= 0.3 is 6.09 Å². The van der Waals surface area contributed by atoms with Crippen LogP contribution in [0.5, 0.6) is 0 Å². The molecule has 0 heterocycles. The van der Waals surface area contributed by atoms with E-state index in [-0.39, 0.29) is 24.9 Å². The van der Waals surface area contributed by atoms with Crippen LogP contribution in [0.4, 0.5) is 4.79 Å². The summed E-state index contributed by atoms with van der Waals surface area (Å²) >= 11 is 0. The summed E-state index contributed by atoms with van der Waals surface area (Å²) < 4.78 is 5.45. The fraction of sp³-hybridized carbons (Fsp3) is 0.433. The molecule has 0 aliphatic carbocycles. The van der Waals surface area contributed by atoms with E-state index in [1.807, 2.05) is 76.2 Å². The molecular weight excluding hydrogens is 466 g/mol. The Bertz CT molecular complexity index is 1090. The fourth-order valence-electron chi connectivity index (χ4n) is 3.93. The molecule has 2 rings (SSSR count). The van der Waals surface area contributed by atoms with Crippen molar-refractivity contribution in [1.29, 1.82) is 0 Å². The third kappa shape index (κ3) is 9.08. The maximum absolute atomic E-state index is 14.1. The van der Waals surface area contributed by atoms with Crippen molar-refractivity contribution >= 4 is 17.9 Å². The van der Waals surface area contributed by atoms with Gasteiger partial charge in [-0.1, -0.05) is 54.6 Å². The predicted octanol–water partition coefficient (Wildman–Crippen LogP) is 5.02. The molecule has 0 aliphatic heterocycles. The standard InChI is InChI=1S/C30H41N3O4/c1-9-17-33(26(27(34)31-20(2)3)24-16-15-21(4)22(5)18-24)28(35)25(19-23-13-11-10-12-14-23)32-29(36)37-30(6,7)8/h9-16,18,20,25-26H,1,17,19H2,2-8H3,(H,31,34)(H,32,36). The van der Waals surface area contributed by atoms with Crippen molar-refractivity contribution in [1.82, 2.24) is 15.5 Å². The van der Waals surface area contributed by atoms with Crippen LogP contribution in [-0.4, -0.2) is 47.0 Å². The Morgan fingerprint density at radius 3 is 2.19 bits per heavy atom. The first-order valence-electron chi connectivity index (χ1n) is 12.6. The molecule has 0 radical (unpaired) electrons. The molecule has 200 valence electrons. The van der Waals surface area contributed by atoms with Crippen LogP contribution >= 0.6 is 0 Å². The number of alkyl carbamates (subject to hydrolysis) is 1. The average molecular weight is 508 g/mol. The zero-order chi connectivity index (χ0) is 27.8. The summed E-state index contributed by atoms with van der Waals surface area (Å²) in [5.41, 5.74) is 2.92. The summed E-state index contributed by atoms with van der Waals surface area (Å²) in [7, 11) is 0. The van der Waals surface area contributed by atoms with Gasteiger partial charge in [-0.25, -0.2) is 4.79 Å². The minimum absolute atomic E-state index is 0.114. The van der Waals surface area contributed by atoms with Crippen LogP contribution < -0.4 is 10.6 Å². The number of hydrogen-bond donors (Lipinski definition) is 2. The molecule has 0 bridgehead atoms. The Hall–Kier alpha value is -3.61. The Kier molecular flexibility index (Phi) is 10.5. The second-order valence-electron chi connectivity index (χ2n) is 10.6. The van der Waals surface area contributed by atoms with Crippen molar-refractivity contribution in [3.05, 3.63) is 83.4 Å². The van der Waals surface area contributed by atoms with E-state index >= 15 is 0 Å². The lowest BCUT2D eigenvalue weighted by molar-refractivity contribution is -0.142. The van der Waals surface area contributed by atoms with Crippen molar-refractivity contribution in [2.24, 2.45) is 0 Å². The van der Waals surface area contributed by atoms with Gasteiger partial charge in [0.15, 0.2) is 0 Å². The third-order valence-electron chi connectivity index (χ3n) is 5.72. The first-order valence-corrected chi connectivity index (χ1v) is 12.6. The number of benzene rings is 2. The number of nitrogens with zero attached hydrogens (tertiary/aromatic N) is 1. The van der Waals surface area contributed by atoms with Crippen LogP contribution in [-0.2, 0) is 20.7 Å². The average Bonchev–Trinajstić information content (AvgIpc) is 2.79. The van der Waals surface area contributed by atoms with Crippen LogP contribution in [0.1, 0.15) is 62.9 Å². The molecule has 2 aromatic carbocycles. The lowest BCUT2D eigenvalue weighted by atomic mass is 9.97. The van der Waals surface area contributed by atoms with E-state index in [0.29, 0.717) is 5.56 Å². The van der Waals surface area contributed by atoms with Crippen LogP contribution in [0, 0.1) is 13.8 Å². The summed E-state index contributed by atoms with van der Waals surface area (Å²) in [4.78, 5) is 41.8. The van der Waals surface area contributed by atoms with Crippen LogP contribution in [0.2, 0.25) is 0 Å². The smallest absolute Gasteiger partial charge is 0.408 e. The highest BCUT2D eigenvalue weighted by Gasteiger charge is 2.36. The number of amides is 3. The number of hydrogen-bond acceptors (Lipinski definition) is 4. The second kappa shape index (κ2) is 13.1. The van der Waals surface area contributed by atoms with Gasteiger partial charge in [0.2, 0.25) is 11.8 Å². The van der Waals surface area contributed by atoms with E-state index < -0.39 is 29.7 Å². The maximum Gasteiger partial charge on any atom is 0.408 e. The SMILES string of the molecule is C=CCN(C(=O)C(Cc1ccccc1)NC(=O)OC(C)(C)C)C(C(=O)NC(C)C)c1ccc(C)c(C)c1. The van der Waals surface area contributed by atoms with E-state index in [0.717, 1.165) is 16.7 Å². The minimum Gasteiger partial charge on any atom is -0.444 e. The van der Waals surface area contributed by atoms with Crippen molar-refractivity contribution < 1.29 is 19.1 Å². The normalized spacial score (nSPS) is 12.9. The quantitative estimate of drug-likeness (QED) is 0.442. The summed E-state index contributed by atoms with van der Waals surface area (Å²) in [6.07, 6.45) is 1.12. The first-order chi connectivity index (χ1) is 17.3. The third-order valence-corrected chi connectivity index (χ3v) is 5.72. The van der Waals surface area contributed by atoms with E-state index in [1.165, 1.54) is 4.90 Å². The van der Waals surface area contributed by atoms with Gasteiger partial charge in [-0.2, -0.15) is 0 Å². The number of carbonyl (C=O) groups is 3. The molecule has 2 aromatic rings. The number of aryl methyl sites for hydroxylation is 2. The van der Waals surface area contributed by atoms with Gasteiger partial charge < -0.3 is 20.3 Å². The molecule has 2 atom stereocenters. The lowest BCUT2D eigenvalue weighted by Crippen LogP contribution is -2.54. The van der Waals surface area contributed by atoms with E-state index in [4.69, 9.17) is 4.74 Å². The molecule has 2 unspecified atom stereocenters. The zero-order valence-electron chi connectivity index (χ0n) is 23.1. The molecule has 2 N–H and O–H groups in total. The van der Waals surface area contributed by atoms with Crippen molar-refractivity contribution in [3.63, 3.8) is 0 Å². The molecule has 0 aliphatic rings. The minimum atomic E-state index is -0.960. The van der Waals surface area contributed by atoms with E-state index in [2.05, 4.69) is 17.2 Å². The van der Waals surface area contributed by atoms with Gasteiger partial charge in [0.05, 0.1) is 0 Å². The second-order valence-corrected chi connectivity index (χ2v) is 10.6. The monoisotopic (exact) mass is 507 g/mol. The highest BCUT2D eigenvalue weighted by Crippen LogP contribution is 2.25. The number of rotatable bonds is 10. The zero-order valence-corrected chi connectivity index (χ0v) is 23.1. The molecule has 37 heavy (non-hydrogen) atoms. The largest absolute Gasteiger partial charge is 0.444 e. The van der Waals surface area contributed by atoms with Crippen molar-refractivity contribution in [2.75, 3.05) is 6.54 Å². The van der Waals surface area contributed by atoms with Crippen molar-refractivity contribution in [2.45, 2.75) is 78.6 Å². The molecule has 3 amide bonds. The van der Waals surface area contributed by atoms with Gasteiger partial charge in [-0.3, -0.25) is 9.59 Å².